The van der Waals surface area contributed by atoms with Crippen LogP contribution in [0.1, 0.15) is 24.3 Å². The zero-order chi connectivity index (χ0) is 21.8. The predicted molar refractivity (Wildman–Crippen MR) is 103 cm³/mol. The Kier molecular flexibility index (Phi) is 6.42. The zero-order valence-corrected chi connectivity index (χ0v) is 16.2. The molecule has 30 heavy (non-hydrogen) atoms. The summed E-state index contributed by atoms with van der Waals surface area (Å²) in [5.41, 5.74) is -1.10. The minimum atomic E-state index is -4.46. The second-order valence-electron chi connectivity index (χ2n) is 7.08. The second-order valence-corrected chi connectivity index (χ2v) is 7.08. The number of pyridine rings is 1. The van der Waals surface area contributed by atoms with Gasteiger partial charge in [0.15, 0.2) is 6.29 Å². The molecule has 9 heteroatoms. The van der Waals surface area contributed by atoms with Gasteiger partial charge in [0.1, 0.15) is 6.61 Å². The van der Waals surface area contributed by atoms with Gasteiger partial charge in [-0.1, -0.05) is 24.8 Å². The van der Waals surface area contributed by atoms with Crippen LogP contribution in [-0.4, -0.2) is 30.7 Å². The van der Waals surface area contributed by atoms with Crippen LogP contribution in [0.3, 0.4) is 0 Å². The molecule has 0 saturated carbocycles. The Morgan fingerprint density at radius 1 is 1.33 bits per heavy atom. The van der Waals surface area contributed by atoms with Gasteiger partial charge >= 0.3 is 6.18 Å². The Morgan fingerprint density at radius 2 is 2.07 bits per heavy atom. The average Bonchev–Trinajstić information content (AvgIpc) is 2.73. The molecular formula is C21H21F3N2O4. The fourth-order valence-corrected chi connectivity index (χ4v) is 2.76. The van der Waals surface area contributed by atoms with Gasteiger partial charge in [-0.15, -0.1) is 0 Å². The number of hydrogen-bond donors (Lipinski definition) is 1. The van der Waals surface area contributed by atoms with E-state index >= 15 is 0 Å². The number of rotatable bonds is 6. The Labute approximate surface area is 171 Å². The summed E-state index contributed by atoms with van der Waals surface area (Å²) in [4.78, 5) is 16.8. The molecule has 1 N–H and O–H groups in total. The molecule has 1 aromatic carbocycles. The van der Waals surface area contributed by atoms with Crippen LogP contribution >= 0.6 is 0 Å². The maximum atomic E-state index is 12.9. The molecule has 1 saturated heterocycles. The van der Waals surface area contributed by atoms with Crippen molar-refractivity contribution in [2.75, 3.05) is 25.1 Å². The summed E-state index contributed by atoms with van der Waals surface area (Å²) in [7, 11) is 0. The normalized spacial score (nSPS) is 21.7. The standard InChI is InChI=1S/C21H21F3N2O4/c1-3-9-28-17-8-7-16(11-25-17)26-19(27)20(2)12-29-18(30-13-20)14-5-4-6-15(10-14)21(22,23)24/h3-8,10-11,18H,1,9,12-13H2,2H3,(H,26,27). The first kappa shape index (κ1) is 21.8. The van der Waals surface area contributed by atoms with E-state index in [-0.39, 0.29) is 24.7 Å². The van der Waals surface area contributed by atoms with Crippen LogP contribution < -0.4 is 10.1 Å². The molecule has 2 aromatic rings. The topological polar surface area (TPSA) is 69.7 Å². The molecule has 1 aliphatic rings. The number of alkyl halides is 3. The third-order valence-electron chi connectivity index (χ3n) is 4.48. The number of halogens is 3. The van der Waals surface area contributed by atoms with Crippen molar-refractivity contribution in [1.82, 2.24) is 4.98 Å². The highest BCUT2D eigenvalue weighted by Crippen LogP contribution is 2.35. The summed E-state index contributed by atoms with van der Waals surface area (Å²) >= 11 is 0. The van der Waals surface area contributed by atoms with Gasteiger partial charge in [-0.3, -0.25) is 4.79 Å². The van der Waals surface area contributed by atoms with Crippen molar-refractivity contribution in [3.8, 4) is 5.88 Å². The van der Waals surface area contributed by atoms with Gasteiger partial charge in [-0.2, -0.15) is 13.2 Å². The predicted octanol–water partition coefficient (Wildman–Crippen LogP) is 4.36. The maximum Gasteiger partial charge on any atom is 0.416 e. The van der Waals surface area contributed by atoms with Crippen LogP contribution in [0.25, 0.3) is 0 Å². The van der Waals surface area contributed by atoms with E-state index in [4.69, 9.17) is 14.2 Å². The maximum absolute atomic E-state index is 12.9. The highest BCUT2D eigenvalue weighted by atomic mass is 19.4. The number of carbonyl (C=O) groups excluding carboxylic acids is 1. The van der Waals surface area contributed by atoms with Gasteiger partial charge in [-0.05, 0) is 25.1 Å². The second kappa shape index (κ2) is 8.85. The van der Waals surface area contributed by atoms with Gasteiger partial charge in [0, 0.05) is 11.6 Å². The first-order chi connectivity index (χ1) is 14.2. The van der Waals surface area contributed by atoms with E-state index in [2.05, 4.69) is 16.9 Å². The van der Waals surface area contributed by atoms with Crippen LogP contribution in [-0.2, 0) is 20.4 Å². The third kappa shape index (κ3) is 5.17. The van der Waals surface area contributed by atoms with Crippen LogP contribution in [0, 0.1) is 5.41 Å². The monoisotopic (exact) mass is 422 g/mol. The molecule has 0 bridgehead atoms. The van der Waals surface area contributed by atoms with Gasteiger partial charge < -0.3 is 19.5 Å². The van der Waals surface area contributed by atoms with Crippen molar-refractivity contribution in [2.24, 2.45) is 5.41 Å². The average molecular weight is 422 g/mol. The van der Waals surface area contributed by atoms with E-state index in [1.54, 1.807) is 25.1 Å². The first-order valence-corrected chi connectivity index (χ1v) is 9.13. The van der Waals surface area contributed by atoms with Crippen molar-refractivity contribution >= 4 is 11.6 Å². The van der Waals surface area contributed by atoms with Crippen molar-refractivity contribution in [3.05, 3.63) is 66.4 Å². The molecular weight excluding hydrogens is 401 g/mol. The summed E-state index contributed by atoms with van der Waals surface area (Å²) in [5.74, 6) is 0.0407. The molecule has 1 aliphatic heterocycles. The van der Waals surface area contributed by atoms with E-state index in [0.29, 0.717) is 18.2 Å². The number of amides is 1. The number of carbonyl (C=O) groups is 1. The minimum absolute atomic E-state index is 0.0201. The van der Waals surface area contributed by atoms with Crippen molar-refractivity contribution < 1.29 is 32.2 Å². The van der Waals surface area contributed by atoms with E-state index in [0.717, 1.165) is 12.1 Å². The van der Waals surface area contributed by atoms with Crippen molar-refractivity contribution in [3.63, 3.8) is 0 Å². The molecule has 1 fully saturated rings. The lowest BCUT2D eigenvalue weighted by atomic mass is 9.90. The molecule has 0 atom stereocenters. The molecule has 1 aromatic heterocycles. The van der Waals surface area contributed by atoms with Gasteiger partial charge in [0.05, 0.1) is 36.1 Å². The lowest BCUT2D eigenvalue weighted by Gasteiger charge is -2.36. The Morgan fingerprint density at radius 3 is 2.67 bits per heavy atom. The fraction of sp³-hybridized carbons (Fsp3) is 0.333. The number of nitrogens with zero attached hydrogens (tertiary/aromatic N) is 1. The van der Waals surface area contributed by atoms with Crippen molar-refractivity contribution in [2.45, 2.75) is 19.4 Å². The summed E-state index contributed by atoms with van der Waals surface area (Å²) in [6.45, 7) is 5.48. The molecule has 1 amide bonds. The SMILES string of the molecule is C=CCOc1ccc(NC(=O)C2(C)COC(c3cccc(C(F)(F)F)c3)OC2)cn1. The number of ether oxygens (including phenoxy) is 3. The van der Waals surface area contributed by atoms with E-state index in [1.165, 1.54) is 18.3 Å². The Hall–Kier alpha value is -2.91. The summed E-state index contributed by atoms with van der Waals surface area (Å²) < 4.78 is 55.1. The first-order valence-electron chi connectivity index (χ1n) is 9.13. The third-order valence-corrected chi connectivity index (χ3v) is 4.48. The Bertz CT molecular complexity index is 892. The molecule has 0 radical (unpaired) electrons. The smallest absolute Gasteiger partial charge is 0.416 e. The highest BCUT2D eigenvalue weighted by Gasteiger charge is 2.40. The molecule has 0 spiro atoms. The lowest BCUT2D eigenvalue weighted by Crippen LogP contribution is -2.45. The van der Waals surface area contributed by atoms with Gasteiger partial charge in [-0.25, -0.2) is 4.98 Å². The summed E-state index contributed by atoms with van der Waals surface area (Å²) in [5, 5.41) is 2.73. The van der Waals surface area contributed by atoms with Crippen molar-refractivity contribution in [1.29, 1.82) is 0 Å². The lowest BCUT2D eigenvalue weighted by molar-refractivity contribution is -0.226. The Balaban J connectivity index is 1.60. The van der Waals surface area contributed by atoms with Crippen LogP contribution in [0.4, 0.5) is 18.9 Å². The largest absolute Gasteiger partial charge is 0.473 e. The number of benzene rings is 1. The van der Waals surface area contributed by atoms with Gasteiger partial charge in [0.2, 0.25) is 11.8 Å². The quantitative estimate of drug-likeness (QED) is 0.701. The van der Waals surface area contributed by atoms with E-state index < -0.39 is 23.4 Å². The van der Waals surface area contributed by atoms with Crippen LogP contribution in [0.15, 0.2) is 55.3 Å². The fourth-order valence-electron chi connectivity index (χ4n) is 2.76. The summed E-state index contributed by atoms with van der Waals surface area (Å²) in [6.07, 6.45) is -2.39. The molecule has 160 valence electrons. The van der Waals surface area contributed by atoms with Crippen LogP contribution in [0.5, 0.6) is 5.88 Å². The number of hydrogen-bond acceptors (Lipinski definition) is 5. The molecule has 3 rings (SSSR count). The zero-order valence-electron chi connectivity index (χ0n) is 16.2. The molecule has 0 aliphatic carbocycles. The summed E-state index contributed by atoms with van der Waals surface area (Å²) in [6, 6.07) is 7.99. The van der Waals surface area contributed by atoms with Crippen LogP contribution in [0.2, 0.25) is 0 Å². The number of aromatic nitrogens is 1. The molecule has 0 unspecified atom stereocenters. The number of nitrogens with one attached hydrogen (secondary N) is 1. The molecule has 6 nitrogen and oxygen atoms in total. The van der Waals surface area contributed by atoms with Gasteiger partial charge in [0.25, 0.3) is 0 Å². The van der Waals surface area contributed by atoms with E-state index in [1.807, 2.05) is 0 Å². The van der Waals surface area contributed by atoms with E-state index in [9.17, 15) is 18.0 Å². The molecule has 2 heterocycles. The number of anilines is 1. The highest BCUT2D eigenvalue weighted by molar-refractivity contribution is 5.95. The minimum Gasteiger partial charge on any atom is -0.473 e.